The Kier molecular flexibility index (Phi) is 11.0. The molecule has 0 saturated heterocycles. The van der Waals surface area contributed by atoms with Gasteiger partial charge in [-0.15, -0.1) is 0 Å². The summed E-state index contributed by atoms with van der Waals surface area (Å²) in [6, 6.07) is 44.0. The molecule has 0 fully saturated rings. The highest BCUT2D eigenvalue weighted by molar-refractivity contribution is 6.11. The van der Waals surface area contributed by atoms with Crippen LogP contribution in [0.5, 0.6) is 5.75 Å². The van der Waals surface area contributed by atoms with Crippen LogP contribution in [0.4, 0.5) is 16.2 Å². The van der Waals surface area contributed by atoms with Gasteiger partial charge < -0.3 is 24.3 Å². The van der Waals surface area contributed by atoms with Crippen molar-refractivity contribution in [2.45, 2.75) is 58.9 Å². The lowest BCUT2D eigenvalue weighted by atomic mass is 9.93. The minimum atomic E-state index is -0.661. The molecule has 3 amide bonds. The summed E-state index contributed by atoms with van der Waals surface area (Å²) in [6.07, 6.45) is 1.81. The third kappa shape index (κ3) is 8.68. The fourth-order valence-electron chi connectivity index (χ4n) is 7.02. The maximum Gasteiger partial charge on any atom is 0.407 e. The van der Waals surface area contributed by atoms with Crippen LogP contribution >= 0.6 is 0 Å². The van der Waals surface area contributed by atoms with Crippen LogP contribution < -0.4 is 15.0 Å². The van der Waals surface area contributed by atoms with Crippen molar-refractivity contribution in [2.24, 2.45) is 0 Å². The Morgan fingerprint density at radius 1 is 0.768 bits per heavy atom. The van der Waals surface area contributed by atoms with E-state index in [0.717, 1.165) is 33.8 Å². The Hall–Kier alpha value is -6.61. The van der Waals surface area contributed by atoms with Crippen LogP contribution in [-0.4, -0.2) is 45.6 Å². The third-order valence-corrected chi connectivity index (χ3v) is 9.70. The number of carbonyl (C=O) groups excluding carboxylic acids is 3. The molecule has 0 saturated carbocycles. The first kappa shape index (κ1) is 37.7. The molecule has 0 spiro atoms. The average Bonchev–Trinajstić information content (AvgIpc) is 3.60. The van der Waals surface area contributed by atoms with Gasteiger partial charge >= 0.3 is 6.09 Å². The van der Waals surface area contributed by atoms with E-state index in [0.29, 0.717) is 42.1 Å². The number of hydrogen-bond donors (Lipinski definition) is 1. The highest BCUT2D eigenvalue weighted by atomic mass is 16.6. The Morgan fingerprint density at radius 3 is 2.02 bits per heavy atom. The number of fused-ring (bicyclic) bond motifs is 1. The average molecular weight is 747 g/mol. The number of para-hydroxylation sites is 2. The molecule has 0 aliphatic carbocycles. The molecule has 2 heterocycles. The molecule has 1 aliphatic heterocycles. The SMILES string of the molecule is Cc1cc(C(=O)N(c2ccccc2)c2ccccc2)cn1-c1cc(OCc2ccccc2)ccc1C(=O)N1Cc2ccccc2C[C@H]1CNC(=O)OC(C)(C)C. The minimum absolute atomic E-state index is 0.207. The van der Waals surface area contributed by atoms with Gasteiger partial charge in [-0.2, -0.15) is 0 Å². The van der Waals surface area contributed by atoms with Gasteiger partial charge in [0.15, 0.2) is 0 Å². The van der Waals surface area contributed by atoms with Crippen molar-refractivity contribution in [3.05, 3.63) is 179 Å². The molecule has 1 aliphatic rings. The van der Waals surface area contributed by atoms with Crippen LogP contribution in [0.15, 0.2) is 146 Å². The van der Waals surface area contributed by atoms with Gasteiger partial charge in [-0.05, 0) is 93.3 Å². The van der Waals surface area contributed by atoms with Crippen molar-refractivity contribution < 1.29 is 23.9 Å². The Balaban J connectivity index is 1.27. The van der Waals surface area contributed by atoms with E-state index in [1.165, 1.54) is 0 Å². The van der Waals surface area contributed by atoms with Crippen molar-refractivity contribution >= 4 is 29.3 Å². The lowest BCUT2D eigenvalue weighted by molar-refractivity contribution is 0.0474. The van der Waals surface area contributed by atoms with Gasteiger partial charge in [0.05, 0.1) is 22.9 Å². The topological polar surface area (TPSA) is 93.1 Å². The second-order valence-electron chi connectivity index (χ2n) is 14.9. The number of amides is 3. The zero-order valence-electron chi connectivity index (χ0n) is 32.1. The fourth-order valence-corrected chi connectivity index (χ4v) is 7.02. The van der Waals surface area contributed by atoms with Crippen LogP contribution in [0.1, 0.15) is 63.9 Å². The molecule has 9 heteroatoms. The van der Waals surface area contributed by atoms with Gasteiger partial charge in [-0.3, -0.25) is 14.5 Å². The summed E-state index contributed by atoms with van der Waals surface area (Å²) in [4.78, 5) is 45.7. The molecule has 1 aromatic heterocycles. The molecule has 7 rings (SSSR count). The summed E-state index contributed by atoms with van der Waals surface area (Å²) in [5.41, 5.74) is 6.20. The quantitative estimate of drug-likeness (QED) is 0.151. The first-order chi connectivity index (χ1) is 27.0. The number of benzene rings is 5. The number of nitrogens with zero attached hydrogens (tertiary/aromatic N) is 3. The number of ether oxygens (including phenoxy) is 2. The monoisotopic (exact) mass is 746 g/mol. The van der Waals surface area contributed by atoms with E-state index in [-0.39, 0.29) is 24.4 Å². The molecule has 56 heavy (non-hydrogen) atoms. The Labute approximate surface area is 328 Å². The van der Waals surface area contributed by atoms with E-state index in [9.17, 15) is 14.4 Å². The van der Waals surface area contributed by atoms with E-state index in [1.54, 1.807) is 17.2 Å². The Morgan fingerprint density at radius 2 is 1.38 bits per heavy atom. The van der Waals surface area contributed by atoms with E-state index >= 15 is 0 Å². The molecular weight excluding hydrogens is 701 g/mol. The summed E-state index contributed by atoms with van der Waals surface area (Å²) in [5, 5.41) is 2.90. The first-order valence-electron chi connectivity index (χ1n) is 18.8. The highest BCUT2D eigenvalue weighted by Crippen LogP contribution is 2.32. The summed E-state index contributed by atoms with van der Waals surface area (Å²) >= 11 is 0. The zero-order chi connectivity index (χ0) is 39.2. The van der Waals surface area contributed by atoms with E-state index in [2.05, 4.69) is 11.4 Å². The van der Waals surface area contributed by atoms with Gasteiger partial charge in [0.2, 0.25) is 0 Å². The minimum Gasteiger partial charge on any atom is -0.489 e. The van der Waals surface area contributed by atoms with Crippen LogP contribution in [0, 0.1) is 6.92 Å². The summed E-state index contributed by atoms with van der Waals surface area (Å²) in [5.74, 6) is 0.148. The smallest absolute Gasteiger partial charge is 0.407 e. The molecule has 284 valence electrons. The van der Waals surface area contributed by atoms with E-state index in [1.807, 2.05) is 165 Å². The third-order valence-electron chi connectivity index (χ3n) is 9.70. The summed E-state index contributed by atoms with van der Waals surface area (Å²) in [6.45, 7) is 8.28. The van der Waals surface area contributed by atoms with E-state index < -0.39 is 11.7 Å². The van der Waals surface area contributed by atoms with Crippen molar-refractivity contribution in [3.8, 4) is 11.4 Å². The van der Waals surface area contributed by atoms with Gasteiger partial charge in [0, 0.05) is 42.4 Å². The molecular formula is C47H46N4O5. The lowest BCUT2D eigenvalue weighted by Crippen LogP contribution is -2.50. The van der Waals surface area contributed by atoms with Crippen molar-refractivity contribution in [2.75, 3.05) is 11.4 Å². The van der Waals surface area contributed by atoms with Crippen molar-refractivity contribution in [1.82, 2.24) is 14.8 Å². The second kappa shape index (κ2) is 16.4. The molecule has 1 atom stereocenters. The normalized spacial score (nSPS) is 13.7. The summed E-state index contributed by atoms with van der Waals surface area (Å²) < 4.78 is 13.7. The molecule has 0 unspecified atom stereocenters. The van der Waals surface area contributed by atoms with Crippen molar-refractivity contribution in [3.63, 3.8) is 0 Å². The predicted molar refractivity (Wildman–Crippen MR) is 219 cm³/mol. The first-order valence-corrected chi connectivity index (χ1v) is 18.8. The van der Waals surface area contributed by atoms with Gasteiger partial charge in [0.1, 0.15) is 18.0 Å². The standard InChI is InChI=1S/C47H46N4O5/c1-33-26-37(44(52)51(38-20-10-6-11-21-38)39-22-12-7-13-23-39)31-49(33)43-28-41(55-32-34-16-8-5-9-17-34)24-25-42(43)45(53)50-30-36-19-15-14-18-35(36)27-40(50)29-48-46(54)56-47(2,3)4/h5-26,28,31,40H,27,29-30,32H2,1-4H3,(H,48,54)/t40-/m0/s1. The second-order valence-corrected chi connectivity index (χ2v) is 14.9. The van der Waals surface area contributed by atoms with Crippen LogP contribution in [0.3, 0.4) is 0 Å². The fraction of sp³-hybridized carbons (Fsp3) is 0.213. The Bertz CT molecular complexity index is 2280. The molecule has 0 bridgehead atoms. The lowest BCUT2D eigenvalue weighted by Gasteiger charge is -2.37. The van der Waals surface area contributed by atoms with Crippen LogP contribution in [0.2, 0.25) is 0 Å². The van der Waals surface area contributed by atoms with Crippen LogP contribution in [-0.2, 0) is 24.3 Å². The van der Waals surface area contributed by atoms with Crippen molar-refractivity contribution in [1.29, 1.82) is 0 Å². The number of rotatable bonds is 10. The largest absolute Gasteiger partial charge is 0.489 e. The number of anilines is 2. The van der Waals surface area contributed by atoms with Crippen LogP contribution in [0.25, 0.3) is 5.69 Å². The number of carbonyl (C=O) groups is 3. The number of alkyl carbamates (subject to hydrolysis) is 1. The predicted octanol–water partition coefficient (Wildman–Crippen LogP) is 9.44. The number of aromatic nitrogens is 1. The van der Waals surface area contributed by atoms with Gasteiger partial charge in [0.25, 0.3) is 11.8 Å². The molecule has 9 nitrogen and oxygen atoms in total. The molecule has 5 aromatic carbocycles. The number of aryl methyl sites for hydroxylation is 1. The van der Waals surface area contributed by atoms with E-state index in [4.69, 9.17) is 9.47 Å². The molecule has 1 N–H and O–H groups in total. The molecule has 0 radical (unpaired) electrons. The maximum absolute atomic E-state index is 15.0. The van der Waals surface area contributed by atoms with Gasteiger partial charge in [-0.25, -0.2) is 4.79 Å². The highest BCUT2D eigenvalue weighted by Gasteiger charge is 2.33. The summed E-state index contributed by atoms with van der Waals surface area (Å²) in [7, 11) is 0. The van der Waals surface area contributed by atoms with Gasteiger partial charge in [-0.1, -0.05) is 91.0 Å². The number of hydrogen-bond acceptors (Lipinski definition) is 5. The zero-order valence-corrected chi connectivity index (χ0v) is 32.1. The maximum atomic E-state index is 15.0. The number of nitrogens with one attached hydrogen (secondary N) is 1. The molecule has 6 aromatic rings.